The van der Waals surface area contributed by atoms with Crippen molar-refractivity contribution in [3.63, 3.8) is 0 Å². The van der Waals surface area contributed by atoms with Crippen molar-refractivity contribution in [2.75, 3.05) is 12.4 Å². The van der Waals surface area contributed by atoms with Gasteiger partial charge in [0.25, 0.3) is 0 Å². The number of pyridine rings is 1. The second-order valence-electron chi connectivity index (χ2n) is 4.50. The van der Waals surface area contributed by atoms with E-state index >= 15 is 0 Å². The fourth-order valence-electron chi connectivity index (χ4n) is 1.94. The molecule has 0 fully saturated rings. The molecule has 1 aromatic carbocycles. The second-order valence-corrected chi connectivity index (χ2v) is 5.54. The SMILES string of the molecule is O=C(O)c1ccc2c(c1)OCC(CSc1ccccn1)O2. The number of ether oxygens (including phenoxy) is 2. The molecule has 0 spiro atoms. The number of carboxylic acids is 1. The highest BCUT2D eigenvalue weighted by Crippen LogP contribution is 2.33. The van der Waals surface area contributed by atoms with Gasteiger partial charge in [-0.05, 0) is 30.3 Å². The standard InChI is InChI=1S/C15H13NO4S/c17-15(18)10-4-5-12-13(7-10)19-8-11(20-12)9-21-14-3-1-2-6-16-14/h1-7,11H,8-9H2,(H,17,18). The molecule has 5 nitrogen and oxygen atoms in total. The minimum atomic E-state index is -0.978. The van der Waals surface area contributed by atoms with Gasteiger partial charge in [0.1, 0.15) is 12.7 Å². The number of carboxylic acid groups (broad SMARTS) is 1. The summed E-state index contributed by atoms with van der Waals surface area (Å²) in [7, 11) is 0. The van der Waals surface area contributed by atoms with Crippen LogP contribution in [0.1, 0.15) is 10.4 Å². The Hall–Kier alpha value is -2.21. The lowest BCUT2D eigenvalue weighted by molar-refractivity contribution is 0.0694. The molecule has 0 bridgehead atoms. The van der Waals surface area contributed by atoms with E-state index < -0.39 is 5.97 Å². The number of carbonyl (C=O) groups is 1. The number of rotatable bonds is 4. The van der Waals surface area contributed by atoms with Crippen molar-refractivity contribution in [1.29, 1.82) is 0 Å². The van der Waals surface area contributed by atoms with Gasteiger partial charge in [-0.3, -0.25) is 0 Å². The molecule has 1 unspecified atom stereocenters. The molecule has 21 heavy (non-hydrogen) atoms. The van der Waals surface area contributed by atoms with E-state index in [2.05, 4.69) is 4.98 Å². The van der Waals surface area contributed by atoms with E-state index in [-0.39, 0.29) is 11.7 Å². The van der Waals surface area contributed by atoms with Gasteiger partial charge in [0, 0.05) is 11.9 Å². The third-order valence-corrected chi connectivity index (χ3v) is 4.04. The Morgan fingerprint density at radius 3 is 3.00 bits per heavy atom. The zero-order chi connectivity index (χ0) is 14.7. The van der Waals surface area contributed by atoms with Gasteiger partial charge in [-0.25, -0.2) is 9.78 Å². The van der Waals surface area contributed by atoms with Gasteiger partial charge in [-0.1, -0.05) is 6.07 Å². The average Bonchev–Trinajstić information content (AvgIpc) is 2.53. The Bertz CT molecular complexity index is 647. The normalized spacial score (nSPS) is 16.5. The van der Waals surface area contributed by atoms with Crippen LogP contribution in [0.3, 0.4) is 0 Å². The number of hydrogen-bond donors (Lipinski definition) is 1. The molecule has 1 aromatic heterocycles. The number of benzene rings is 1. The maximum absolute atomic E-state index is 10.9. The topological polar surface area (TPSA) is 68.7 Å². The van der Waals surface area contributed by atoms with Crippen LogP contribution in [0.2, 0.25) is 0 Å². The summed E-state index contributed by atoms with van der Waals surface area (Å²) in [5, 5.41) is 9.88. The first-order valence-corrected chi connectivity index (χ1v) is 7.41. The van der Waals surface area contributed by atoms with Gasteiger partial charge in [0.2, 0.25) is 0 Å². The van der Waals surface area contributed by atoms with Crippen molar-refractivity contribution < 1.29 is 19.4 Å². The molecule has 3 rings (SSSR count). The number of thioether (sulfide) groups is 1. The third-order valence-electron chi connectivity index (χ3n) is 2.96. The van der Waals surface area contributed by atoms with Gasteiger partial charge in [0.15, 0.2) is 11.5 Å². The Balaban J connectivity index is 1.63. The second kappa shape index (κ2) is 6.05. The molecular formula is C15H13NO4S. The smallest absolute Gasteiger partial charge is 0.335 e. The molecule has 0 aliphatic carbocycles. The zero-order valence-corrected chi connectivity index (χ0v) is 11.9. The molecule has 0 radical (unpaired) electrons. The van der Waals surface area contributed by atoms with Crippen LogP contribution in [0.25, 0.3) is 0 Å². The maximum atomic E-state index is 10.9. The van der Waals surface area contributed by atoms with E-state index in [1.54, 1.807) is 24.0 Å². The lowest BCUT2D eigenvalue weighted by Gasteiger charge is -2.26. The summed E-state index contributed by atoms with van der Waals surface area (Å²) in [6, 6.07) is 10.4. The van der Waals surface area contributed by atoms with Crippen molar-refractivity contribution in [3.8, 4) is 11.5 Å². The van der Waals surface area contributed by atoms with Gasteiger partial charge in [0.05, 0.1) is 10.6 Å². The van der Waals surface area contributed by atoms with Gasteiger partial charge >= 0.3 is 5.97 Å². The molecule has 0 saturated heterocycles. The Morgan fingerprint density at radius 2 is 2.24 bits per heavy atom. The van der Waals surface area contributed by atoms with E-state index in [9.17, 15) is 4.79 Å². The fraction of sp³-hybridized carbons (Fsp3) is 0.200. The van der Waals surface area contributed by atoms with Crippen molar-refractivity contribution in [2.24, 2.45) is 0 Å². The van der Waals surface area contributed by atoms with E-state index in [0.717, 1.165) is 10.8 Å². The minimum absolute atomic E-state index is 0.0832. The Labute approximate surface area is 125 Å². The summed E-state index contributed by atoms with van der Waals surface area (Å²) in [6.07, 6.45) is 1.67. The Morgan fingerprint density at radius 1 is 1.33 bits per heavy atom. The minimum Gasteiger partial charge on any atom is -0.486 e. The molecule has 1 aliphatic heterocycles. The van der Waals surface area contributed by atoms with Crippen LogP contribution in [0.15, 0.2) is 47.6 Å². The van der Waals surface area contributed by atoms with Crippen molar-refractivity contribution in [3.05, 3.63) is 48.2 Å². The van der Waals surface area contributed by atoms with Crippen molar-refractivity contribution in [2.45, 2.75) is 11.1 Å². The fourth-order valence-corrected chi connectivity index (χ4v) is 2.77. The zero-order valence-electron chi connectivity index (χ0n) is 11.1. The summed E-state index contributed by atoms with van der Waals surface area (Å²) >= 11 is 1.60. The van der Waals surface area contributed by atoms with E-state index in [1.807, 2.05) is 18.2 Å². The molecule has 1 atom stereocenters. The van der Waals surface area contributed by atoms with Crippen molar-refractivity contribution >= 4 is 17.7 Å². The van der Waals surface area contributed by atoms with E-state index in [0.29, 0.717) is 18.1 Å². The number of hydrogen-bond acceptors (Lipinski definition) is 5. The Kier molecular flexibility index (Phi) is 3.96. The molecule has 2 heterocycles. The van der Waals surface area contributed by atoms with Crippen LogP contribution in [0.5, 0.6) is 11.5 Å². The van der Waals surface area contributed by atoms with E-state index in [4.69, 9.17) is 14.6 Å². The largest absolute Gasteiger partial charge is 0.486 e. The van der Waals surface area contributed by atoms with E-state index in [1.165, 1.54) is 12.1 Å². The van der Waals surface area contributed by atoms with Crippen LogP contribution in [-0.2, 0) is 0 Å². The highest BCUT2D eigenvalue weighted by atomic mass is 32.2. The van der Waals surface area contributed by atoms with Gasteiger partial charge < -0.3 is 14.6 Å². The molecule has 6 heteroatoms. The van der Waals surface area contributed by atoms with Crippen molar-refractivity contribution in [1.82, 2.24) is 4.98 Å². The van der Waals surface area contributed by atoms with Crippen LogP contribution < -0.4 is 9.47 Å². The maximum Gasteiger partial charge on any atom is 0.335 e. The molecule has 0 saturated carbocycles. The highest BCUT2D eigenvalue weighted by Gasteiger charge is 2.22. The quantitative estimate of drug-likeness (QED) is 0.876. The van der Waals surface area contributed by atoms with Crippen LogP contribution in [0.4, 0.5) is 0 Å². The third kappa shape index (κ3) is 3.28. The molecule has 2 aromatic rings. The summed E-state index contributed by atoms with van der Waals surface area (Å²) in [5.74, 6) is 0.804. The highest BCUT2D eigenvalue weighted by molar-refractivity contribution is 7.99. The summed E-state index contributed by atoms with van der Waals surface area (Å²) in [6.45, 7) is 0.399. The average molecular weight is 303 g/mol. The lowest BCUT2D eigenvalue weighted by atomic mass is 10.2. The van der Waals surface area contributed by atoms with Crippen LogP contribution in [0, 0.1) is 0 Å². The molecule has 0 amide bonds. The molecule has 1 N–H and O–H groups in total. The van der Waals surface area contributed by atoms with Gasteiger partial charge in [-0.2, -0.15) is 0 Å². The number of aromatic carboxylic acids is 1. The van der Waals surface area contributed by atoms with Crippen LogP contribution in [-0.4, -0.2) is 34.5 Å². The number of aromatic nitrogens is 1. The number of nitrogens with zero attached hydrogens (tertiary/aromatic N) is 1. The predicted octanol–water partition coefficient (Wildman–Crippen LogP) is 2.71. The van der Waals surface area contributed by atoms with Gasteiger partial charge in [-0.15, -0.1) is 11.8 Å². The predicted molar refractivity (Wildman–Crippen MR) is 78.3 cm³/mol. The molecule has 108 valence electrons. The summed E-state index contributed by atoms with van der Waals surface area (Å²) < 4.78 is 11.4. The summed E-state index contributed by atoms with van der Waals surface area (Å²) in [4.78, 5) is 15.1. The first kappa shape index (κ1) is 13.8. The first-order valence-electron chi connectivity index (χ1n) is 6.43. The number of fused-ring (bicyclic) bond motifs is 1. The lowest BCUT2D eigenvalue weighted by Crippen LogP contribution is -2.31. The summed E-state index contributed by atoms with van der Waals surface area (Å²) in [5.41, 5.74) is 0.193. The van der Waals surface area contributed by atoms with Crippen LogP contribution >= 0.6 is 11.8 Å². The molecular weight excluding hydrogens is 290 g/mol. The molecule has 1 aliphatic rings. The monoisotopic (exact) mass is 303 g/mol. The first-order chi connectivity index (χ1) is 10.2.